The van der Waals surface area contributed by atoms with Gasteiger partial charge in [0.2, 0.25) is 11.8 Å². The van der Waals surface area contributed by atoms with Crippen LogP contribution in [0.15, 0.2) is 47.1 Å². The van der Waals surface area contributed by atoms with Crippen molar-refractivity contribution in [1.29, 1.82) is 0 Å². The lowest BCUT2D eigenvalue weighted by atomic mass is 10.1. The normalized spacial score (nSPS) is 24.5. The first-order valence-electron chi connectivity index (χ1n) is 11.0. The molecule has 2 aliphatic heterocycles. The standard InChI is InChI=1S/C24H31N3O4/c1-17-12-26(13-18(2)31-17)14-20-7-5-19(6-8-20)11-25-24(29)21-10-23(28)27(15-21)16-22-4-3-9-30-22/h3-9,17-18,21H,10-16H2,1-2H3,(H,25,29)/t17-,18-,21+/m1/s1. The molecule has 2 aromatic rings. The Morgan fingerprint density at radius 2 is 1.74 bits per heavy atom. The van der Waals surface area contributed by atoms with Gasteiger partial charge in [0.05, 0.1) is 30.9 Å². The molecule has 0 aliphatic carbocycles. The third-order valence-corrected chi connectivity index (χ3v) is 5.90. The number of hydrogen-bond acceptors (Lipinski definition) is 5. The second-order valence-corrected chi connectivity index (χ2v) is 8.74. The molecule has 7 heteroatoms. The van der Waals surface area contributed by atoms with Gasteiger partial charge in [-0.05, 0) is 37.1 Å². The van der Waals surface area contributed by atoms with Gasteiger partial charge in [0.25, 0.3) is 0 Å². The van der Waals surface area contributed by atoms with E-state index in [-0.39, 0.29) is 36.4 Å². The minimum atomic E-state index is -0.313. The first-order valence-corrected chi connectivity index (χ1v) is 11.0. The van der Waals surface area contributed by atoms with E-state index in [1.54, 1.807) is 17.2 Å². The number of benzene rings is 1. The highest BCUT2D eigenvalue weighted by Crippen LogP contribution is 2.21. The molecule has 2 amide bonds. The number of amides is 2. The van der Waals surface area contributed by atoms with Crippen molar-refractivity contribution >= 4 is 11.8 Å². The third-order valence-electron chi connectivity index (χ3n) is 5.90. The predicted octanol–water partition coefficient (Wildman–Crippen LogP) is 2.55. The number of carbonyl (C=O) groups excluding carboxylic acids is 2. The summed E-state index contributed by atoms with van der Waals surface area (Å²) in [5.74, 6) is 0.339. The maximum Gasteiger partial charge on any atom is 0.225 e. The van der Waals surface area contributed by atoms with E-state index in [2.05, 4.69) is 48.3 Å². The second-order valence-electron chi connectivity index (χ2n) is 8.74. The quantitative estimate of drug-likeness (QED) is 0.738. The van der Waals surface area contributed by atoms with Crippen molar-refractivity contribution in [3.63, 3.8) is 0 Å². The molecule has 2 saturated heterocycles. The van der Waals surface area contributed by atoms with Crippen LogP contribution in [0.25, 0.3) is 0 Å². The fourth-order valence-electron chi connectivity index (χ4n) is 4.46. The topological polar surface area (TPSA) is 75.0 Å². The van der Waals surface area contributed by atoms with E-state index in [0.29, 0.717) is 19.6 Å². The smallest absolute Gasteiger partial charge is 0.225 e. The summed E-state index contributed by atoms with van der Waals surface area (Å²) >= 11 is 0. The maximum absolute atomic E-state index is 12.6. The summed E-state index contributed by atoms with van der Waals surface area (Å²) in [5, 5.41) is 2.99. The number of rotatable bonds is 7. The van der Waals surface area contributed by atoms with Crippen LogP contribution in [0.3, 0.4) is 0 Å². The van der Waals surface area contributed by atoms with Crippen molar-refractivity contribution in [3.8, 4) is 0 Å². The van der Waals surface area contributed by atoms with Gasteiger partial charge in [-0.25, -0.2) is 0 Å². The van der Waals surface area contributed by atoms with Crippen LogP contribution >= 0.6 is 0 Å². The first kappa shape index (κ1) is 21.6. The van der Waals surface area contributed by atoms with Gasteiger partial charge in [-0.1, -0.05) is 24.3 Å². The molecule has 4 rings (SSSR count). The number of nitrogens with one attached hydrogen (secondary N) is 1. The van der Waals surface area contributed by atoms with E-state index < -0.39 is 0 Å². The SMILES string of the molecule is C[C@@H]1CN(Cc2ccc(CNC(=O)[C@H]3CC(=O)N(Cc4ccco4)C3)cc2)C[C@@H](C)O1. The first-order chi connectivity index (χ1) is 15.0. The van der Waals surface area contributed by atoms with Crippen LogP contribution in [-0.4, -0.2) is 53.5 Å². The molecule has 0 bridgehead atoms. The van der Waals surface area contributed by atoms with Gasteiger partial charge in [0.1, 0.15) is 5.76 Å². The Balaban J connectivity index is 1.23. The Labute approximate surface area is 183 Å². The van der Waals surface area contributed by atoms with Crippen LogP contribution in [0, 0.1) is 5.92 Å². The van der Waals surface area contributed by atoms with Crippen molar-refractivity contribution in [1.82, 2.24) is 15.1 Å². The van der Waals surface area contributed by atoms with E-state index in [1.807, 2.05) is 6.07 Å². The molecule has 1 aromatic carbocycles. The van der Waals surface area contributed by atoms with Crippen LogP contribution < -0.4 is 5.32 Å². The van der Waals surface area contributed by atoms with Gasteiger partial charge in [0, 0.05) is 39.1 Å². The molecule has 2 aliphatic rings. The summed E-state index contributed by atoms with van der Waals surface area (Å²) in [6.07, 6.45) is 2.36. The number of likely N-dealkylation sites (tertiary alicyclic amines) is 1. The Morgan fingerprint density at radius 3 is 2.42 bits per heavy atom. The van der Waals surface area contributed by atoms with Crippen LogP contribution in [-0.2, 0) is 34.0 Å². The Kier molecular flexibility index (Phi) is 6.73. The summed E-state index contributed by atoms with van der Waals surface area (Å²) < 4.78 is 11.1. The molecule has 3 atom stereocenters. The molecule has 2 fully saturated rings. The van der Waals surface area contributed by atoms with Crippen molar-refractivity contribution in [3.05, 3.63) is 59.5 Å². The minimum absolute atomic E-state index is 0.00680. The van der Waals surface area contributed by atoms with Crippen molar-refractivity contribution in [2.24, 2.45) is 5.92 Å². The molecule has 0 spiro atoms. The third kappa shape index (κ3) is 5.74. The molecule has 3 heterocycles. The van der Waals surface area contributed by atoms with E-state index in [1.165, 1.54) is 5.56 Å². The number of furan rings is 1. The maximum atomic E-state index is 12.6. The van der Waals surface area contributed by atoms with Crippen LogP contribution in [0.4, 0.5) is 0 Å². The highest BCUT2D eigenvalue weighted by molar-refractivity contribution is 5.89. The zero-order valence-electron chi connectivity index (χ0n) is 18.3. The van der Waals surface area contributed by atoms with Gasteiger partial charge in [0.15, 0.2) is 0 Å². The number of nitrogens with zero attached hydrogens (tertiary/aromatic N) is 2. The van der Waals surface area contributed by atoms with Crippen molar-refractivity contribution in [2.45, 2.75) is 52.1 Å². The summed E-state index contributed by atoms with van der Waals surface area (Å²) in [5.41, 5.74) is 2.31. The molecular formula is C24H31N3O4. The van der Waals surface area contributed by atoms with Crippen LogP contribution in [0.5, 0.6) is 0 Å². The molecule has 0 saturated carbocycles. The average Bonchev–Trinajstić information content (AvgIpc) is 3.37. The van der Waals surface area contributed by atoms with Gasteiger partial charge in [-0.3, -0.25) is 14.5 Å². The lowest BCUT2D eigenvalue weighted by Crippen LogP contribution is -2.44. The molecule has 0 unspecified atom stereocenters. The highest BCUT2D eigenvalue weighted by atomic mass is 16.5. The molecular weight excluding hydrogens is 394 g/mol. The Bertz CT molecular complexity index is 871. The zero-order valence-corrected chi connectivity index (χ0v) is 18.3. The molecule has 31 heavy (non-hydrogen) atoms. The average molecular weight is 426 g/mol. The largest absolute Gasteiger partial charge is 0.467 e. The van der Waals surface area contributed by atoms with Gasteiger partial charge in [-0.2, -0.15) is 0 Å². The van der Waals surface area contributed by atoms with Crippen molar-refractivity contribution < 1.29 is 18.7 Å². The van der Waals surface area contributed by atoms with Gasteiger partial charge in [-0.15, -0.1) is 0 Å². The number of ether oxygens (including phenoxy) is 1. The highest BCUT2D eigenvalue weighted by Gasteiger charge is 2.34. The molecule has 0 radical (unpaired) electrons. The molecule has 1 aromatic heterocycles. The summed E-state index contributed by atoms with van der Waals surface area (Å²) in [6, 6.07) is 12.0. The van der Waals surface area contributed by atoms with Crippen molar-refractivity contribution in [2.75, 3.05) is 19.6 Å². The summed E-state index contributed by atoms with van der Waals surface area (Å²) in [4.78, 5) is 28.9. The van der Waals surface area contributed by atoms with Gasteiger partial charge >= 0.3 is 0 Å². The number of hydrogen-bond donors (Lipinski definition) is 1. The van der Waals surface area contributed by atoms with E-state index in [9.17, 15) is 9.59 Å². The predicted molar refractivity (Wildman–Crippen MR) is 116 cm³/mol. The molecule has 166 valence electrons. The minimum Gasteiger partial charge on any atom is -0.467 e. The number of morpholine rings is 1. The zero-order chi connectivity index (χ0) is 21.8. The Morgan fingerprint density at radius 1 is 1.03 bits per heavy atom. The fraction of sp³-hybridized carbons (Fsp3) is 0.500. The lowest BCUT2D eigenvalue weighted by Gasteiger charge is -2.35. The van der Waals surface area contributed by atoms with E-state index >= 15 is 0 Å². The number of carbonyl (C=O) groups is 2. The summed E-state index contributed by atoms with van der Waals surface area (Å²) in [7, 11) is 0. The fourth-order valence-corrected chi connectivity index (χ4v) is 4.46. The molecule has 7 nitrogen and oxygen atoms in total. The summed E-state index contributed by atoms with van der Waals surface area (Å²) in [6.45, 7) is 8.33. The monoisotopic (exact) mass is 425 g/mol. The van der Waals surface area contributed by atoms with Gasteiger partial charge < -0.3 is 19.4 Å². The van der Waals surface area contributed by atoms with Crippen LogP contribution in [0.1, 0.15) is 37.2 Å². The van der Waals surface area contributed by atoms with E-state index in [0.717, 1.165) is 31.0 Å². The second kappa shape index (κ2) is 9.66. The lowest BCUT2D eigenvalue weighted by molar-refractivity contribution is -0.129. The Hall–Kier alpha value is -2.64. The van der Waals surface area contributed by atoms with Crippen LogP contribution in [0.2, 0.25) is 0 Å². The van der Waals surface area contributed by atoms with E-state index in [4.69, 9.17) is 9.15 Å². The molecule has 1 N–H and O–H groups in total.